The number of benzene rings is 2. The van der Waals surface area contributed by atoms with Gasteiger partial charge in [-0.1, -0.05) is 35.4 Å². The second-order valence-corrected chi connectivity index (χ2v) is 6.59. The predicted octanol–water partition coefficient (Wildman–Crippen LogP) is 3.95. The fourth-order valence-electron chi connectivity index (χ4n) is 2.71. The van der Waals surface area contributed by atoms with E-state index >= 15 is 0 Å². The molecular formula is C21H25NO3. The fourth-order valence-corrected chi connectivity index (χ4v) is 2.71. The second kappa shape index (κ2) is 7.97. The van der Waals surface area contributed by atoms with Gasteiger partial charge in [-0.2, -0.15) is 0 Å². The third kappa shape index (κ3) is 5.18. The van der Waals surface area contributed by atoms with E-state index in [1.54, 1.807) is 12.1 Å². The van der Waals surface area contributed by atoms with Crippen LogP contribution in [0.2, 0.25) is 0 Å². The molecule has 0 aromatic heterocycles. The van der Waals surface area contributed by atoms with Crippen molar-refractivity contribution < 1.29 is 14.3 Å². The Morgan fingerprint density at radius 3 is 2.20 bits per heavy atom. The highest BCUT2D eigenvalue weighted by molar-refractivity contribution is 5.91. The normalized spacial score (nSPS) is 11.7. The summed E-state index contributed by atoms with van der Waals surface area (Å²) >= 11 is 0. The Balaban J connectivity index is 1.91. The van der Waals surface area contributed by atoms with Crippen molar-refractivity contribution in [1.29, 1.82) is 0 Å². The molecular weight excluding hydrogens is 314 g/mol. The van der Waals surface area contributed by atoms with Gasteiger partial charge in [0, 0.05) is 0 Å². The van der Waals surface area contributed by atoms with E-state index in [4.69, 9.17) is 4.74 Å². The van der Waals surface area contributed by atoms with E-state index in [0.29, 0.717) is 5.56 Å². The van der Waals surface area contributed by atoms with Gasteiger partial charge in [0.05, 0.1) is 11.6 Å². The van der Waals surface area contributed by atoms with Crippen molar-refractivity contribution in [2.75, 3.05) is 6.61 Å². The van der Waals surface area contributed by atoms with Crippen molar-refractivity contribution in [2.45, 2.75) is 40.7 Å². The number of rotatable bonds is 5. The van der Waals surface area contributed by atoms with Gasteiger partial charge in [0.2, 0.25) is 0 Å². The van der Waals surface area contributed by atoms with Gasteiger partial charge in [-0.25, -0.2) is 4.79 Å². The van der Waals surface area contributed by atoms with Crippen LogP contribution >= 0.6 is 0 Å². The summed E-state index contributed by atoms with van der Waals surface area (Å²) in [6.07, 6.45) is 0. The number of hydrogen-bond donors (Lipinski definition) is 1. The van der Waals surface area contributed by atoms with Crippen LogP contribution in [0.5, 0.6) is 0 Å². The fraction of sp³-hybridized carbons (Fsp3) is 0.333. The topological polar surface area (TPSA) is 55.4 Å². The molecule has 0 spiro atoms. The quantitative estimate of drug-likeness (QED) is 0.839. The molecule has 132 valence electrons. The third-order valence-electron chi connectivity index (χ3n) is 4.20. The smallest absolute Gasteiger partial charge is 0.338 e. The summed E-state index contributed by atoms with van der Waals surface area (Å²) in [7, 11) is 0. The van der Waals surface area contributed by atoms with Crippen LogP contribution in [0.15, 0.2) is 36.4 Å². The largest absolute Gasteiger partial charge is 0.452 e. The van der Waals surface area contributed by atoms with Gasteiger partial charge in [0.15, 0.2) is 6.61 Å². The summed E-state index contributed by atoms with van der Waals surface area (Å²) in [6, 6.07) is 11.4. The van der Waals surface area contributed by atoms with E-state index in [2.05, 4.69) is 18.3 Å². The van der Waals surface area contributed by atoms with Crippen LogP contribution in [0.25, 0.3) is 0 Å². The molecule has 1 atom stereocenters. The first kappa shape index (κ1) is 18.7. The Labute approximate surface area is 149 Å². The van der Waals surface area contributed by atoms with Crippen molar-refractivity contribution in [3.8, 4) is 0 Å². The van der Waals surface area contributed by atoms with Gasteiger partial charge < -0.3 is 10.1 Å². The van der Waals surface area contributed by atoms with Crippen LogP contribution in [0.4, 0.5) is 0 Å². The third-order valence-corrected chi connectivity index (χ3v) is 4.20. The zero-order valence-corrected chi connectivity index (χ0v) is 15.5. The van der Waals surface area contributed by atoms with Crippen molar-refractivity contribution in [1.82, 2.24) is 5.32 Å². The Morgan fingerprint density at radius 2 is 1.60 bits per heavy atom. The van der Waals surface area contributed by atoms with Crippen LogP contribution in [-0.2, 0) is 9.53 Å². The standard InChI is InChI=1S/C21H25NO3/c1-13-8-14(2)10-19(9-13)21(24)25-12-20(23)22-17(5)18-7-6-15(3)16(4)11-18/h6-11,17H,12H2,1-5H3,(H,22,23)/t17-/m0/s1. The van der Waals surface area contributed by atoms with Crippen LogP contribution < -0.4 is 5.32 Å². The summed E-state index contributed by atoms with van der Waals surface area (Å²) in [5.74, 6) is -0.802. The average Bonchev–Trinajstić information content (AvgIpc) is 2.54. The lowest BCUT2D eigenvalue weighted by molar-refractivity contribution is -0.124. The molecule has 0 saturated carbocycles. The molecule has 0 fully saturated rings. The number of ether oxygens (including phenoxy) is 1. The van der Waals surface area contributed by atoms with E-state index in [1.165, 1.54) is 11.1 Å². The molecule has 0 aliphatic rings. The first-order chi connectivity index (χ1) is 11.8. The molecule has 2 aromatic carbocycles. The van der Waals surface area contributed by atoms with E-state index in [9.17, 15) is 9.59 Å². The van der Waals surface area contributed by atoms with Gasteiger partial charge in [-0.05, 0) is 63.4 Å². The number of nitrogens with one attached hydrogen (secondary N) is 1. The molecule has 4 nitrogen and oxygen atoms in total. The van der Waals surface area contributed by atoms with Crippen LogP contribution in [0.3, 0.4) is 0 Å². The number of aryl methyl sites for hydroxylation is 4. The van der Waals surface area contributed by atoms with Gasteiger partial charge in [0.1, 0.15) is 0 Å². The SMILES string of the molecule is Cc1cc(C)cc(C(=O)OCC(=O)N[C@@H](C)c2ccc(C)c(C)c2)c1. The summed E-state index contributed by atoms with van der Waals surface area (Å²) in [4.78, 5) is 24.1. The van der Waals surface area contributed by atoms with Gasteiger partial charge in [-0.15, -0.1) is 0 Å². The van der Waals surface area contributed by atoms with E-state index in [0.717, 1.165) is 16.7 Å². The highest BCUT2D eigenvalue weighted by atomic mass is 16.5. The summed E-state index contributed by atoms with van der Waals surface area (Å²) in [6.45, 7) is 9.55. The molecule has 25 heavy (non-hydrogen) atoms. The first-order valence-corrected chi connectivity index (χ1v) is 8.38. The lowest BCUT2D eigenvalue weighted by Crippen LogP contribution is -2.31. The van der Waals surface area contributed by atoms with Gasteiger partial charge in [-0.3, -0.25) is 4.79 Å². The maximum absolute atomic E-state index is 12.1. The molecule has 1 amide bonds. The summed E-state index contributed by atoms with van der Waals surface area (Å²) < 4.78 is 5.13. The zero-order valence-electron chi connectivity index (χ0n) is 15.5. The molecule has 2 rings (SSSR count). The van der Waals surface area contributed by atoms with Crippen LogP contribution in [0, 0.1) is 27.7 Å². The predicted molar refractivity (Wildman–Crippen MR) is 98.7 cm³/mol. The van der Waals surface area contributed by atoms with Crippen LogP contribution in [-0.4, -0.2) is 18.5 Å². The highest BCUT2D eigenvalue weighted by Crippen LogP contribution is 2.16. The zero-order chi connectivity index (χ0) is 18.6. The molecule has 0 aliphatic heterocycles. The van der Waals surface area contributed by atoms with Crippen molar-refractivity contribution in [2.24, 2.45) is 0 Å². The number of carbonyl (C=O) groups is 2. The molecule has 0 unspecified atom stereocenters. The second-order valence-electron chi connectivity index (χ2n) is 6.59. The van der Waals surface area contributed by atoms with E-state index < -0.39 is 5.97 Å². The minimum absolute atomic E-state index is 0.147. The van der Waals surface area contributed by atoms with E-state index in [1.807, 2.05) is 45.9 Å². The summed E-state index contributed by atoms with van der Waals surface area (Å²) in [5, 5.41) is 2.86. The van der Waals surface area contributed by atoms with Crippen molar-refractivity contribution in [3.63, 3.8) is 0 Å². The van der Waals surface area contributed by atoms with E-state index in [-0.39, 0.29) is 18.6 Å². The molecule has 0 saturated heterocycles. The molecule has 0 heterocycles. The molecule has 1 N–H and O–H groups in total. The number of esters is 1. The minimum atomic E-state index is -0.485. The molecule has 0 bridgehead atoms. The maximum atomic E-state index is 12.1. The monoisotopic (exact) mass is 339 g/mol. The Hall–Kier alpha value is -2.62. The average molecular weight is 339 g/mol. The van der Waals surface area contributed by atoms with Gasteiger partial charge in [0.25, 0.3) is 5.91 Å². The maximum Gasteiger partial charge on any atom is 0.338 e. The summed E-state index contributed by atoms with van der Waals surface area (Å²) in [5.41, 5.74) is 5.86. The lowest BCUT2D eigenvalue weighted by atomic mass is 10.0. The van der Waals surface area contributed by atoms with Gasteiger partial charge >= 0.3 is 5.97 Å². The molecule has 4 heteroatoms. The molecule has 0 radical (unpaired) electrons. The van der Waals surface area contributed by atoms with Crippen molar-refractivity contribution in [3.05, 3.63) is 69.8 Å². The van der Waals surface area contributed by atoms with Crippen LogP contribution in [0.1, 0.15) is 51.1 Å². The lowest BCUT2D eigenvalue weighted by Gasteiger charge is -2.16. The molecule has 2 aromatic rings. The number of carbonyl (C=O) groups excluding carboxylic acids is 2. The Bertz CT molecular complexity index is 775. The highest BCUT2D eigenvalue weighted by Gasteiger charge is 2.14. The Morgan fingerprint density at radius 1 is 0.960 bits per heavy atom. The Kier molecular flexibility index (Phi) is 5.97. The number of hydrogen-bond acceptors (Lipinski definition) is 3. The van der Waals surface area contributed by atoms with Crippen molar-refractivity contribution >= 4 is 11.9 Å². The molecule has 0 aliphatic carbocycles. The number of amides is 1. The minimum Gasteiger partial charge on any atom is -0.452 e. The first-order valence-electron chi connectivity index (χ1n) is 8.38.